The van der Waals surface area contributed by atoms with Gasteiger partial charge in [-0.3, -0.25) is 4.90 Å². The smallest absolute Gasteiger partial charge is 0.0449 e. The van der Waals surface area contributed by atoms with Crippen molar-refractivity contribution < 1.29 is 0 Å². The average Bonchev–Trinajstić information content (AvgIpc) is 3.34. The molecule has 2 aliphatic rings. The van der Waals surface area contributed by atoms with Gasteiger partial charge in [0.2, 0.25) is 0 Å². The molecule has 116 valence electrons. The Morgan fingerprint density at radius 3 is 2.48 bits per heavy atom. The van der Waals surface area contributed by atoms with Crippen LogP contribution in [0.1, 0.15) is 55.3 Å². The minimum absolute atomic E-state index is 0.480. The molecular weight excluding hydrogens is 256 g/mol. The van der Waals surface area contributed by atoms with Crippen LogP contribution in [0, 0.1) is 19.8 Å². The van der Waals surface area contributed by atoms with Gasteiger partial charge in [-0.05, 0) is 68.7 Å². The number of hydrogen-bond acceptors (Lipinski definition) is 2. The summed E-state index contributed by atoms with van der Waals surface area (Å²) in [5.41, 5.74) is 4.27. The van der Waals surface area contributed by atoms with E-state index in [1.54, 1.807) is 0 Å². The van der Waals surface area contributed by atoms with Crippen LogP contribution in [0.5, 0.6) is 0 Å². The molecule has 1 N–H and O–H groups in total. The van der Waals surface area contributed by atoms with E-state index in [1.165, 1.54) is 55.5 Å². The Morgan fingerprint density at radius 2 is 1.90 bits per heavy atom. The fraction of sp³-hybridized carbons (Fsp3) is 0.684. The van der Waals surface area contributed by atoms with E-state index >= 15 is 0 Å². The zero-order chi connectivity index (χ0) is 14.8. The van der Waals surface area contributed by atoms with Gasteiger partial charge < -0.3 is 5.32 Å². The highest BCUT2D eigenvalue weighted by atomic mass is 15.2. The summed E-state index contributed by atoms with van der Waals surface area (Å²) in [4.78, 5) is 2.76. The van der Waals surface area contributed by atoms with Crippen molar-refractivity contribution in [3.8, 4) is 0 Å². The van der Waals surface area contributed by atoms with E-state index in [1.807, 2.05) is 0 Å². The molecule has 0 heterocycles. The van der Waals surface area contributed by atoms with Gasteiger partial charge in [-0.1, -0.05) is 25.1 Å². The monoisotopic (exact) mass is 286 g/mol. The molecule has 2 saturated carbocycles. The normalized spacial score (nSPS) is 20.0. The van der Waals surface area contributed by atoms with Crippen LogP contribution in [-0.4, -0.2) is 30.6 Å². The number of likely N-dealkylation sites (N-methyl/N-ethyl adjacent to an activating group) is 1. The Hall–Kier alpha value is -0.860. The Bertz CT molecular complexity index is 474. The summed E-state index contributed by atoms with van der Waals surface area (Å²) in [6.45, 7) is 10.2. The van der Waals surface area contributed by atoms with E-state index in [0.717, 1.165) is 18.5 Å². The van der Waals surface area contributed by atoms with E-state index in [9.17, 15) is 0 Å². The van der Waals surface area contributed by atoms with E-state index in [0.29, 0.717) is 6.04 Å². The van der Waals surface area contributed by atoms with Crippen LogP contribution in [-0.2, 0) is 0 Å². The molecule has 0 aromatic heterocycles. The number of nitrogens with one attached hydrogen (secondary N) is 1. The van der Waals surface area contributed by atoms with Crippen molar-refractivity contribution in [2.24, 2.45) is 5.92 Å². The zero-order valence-corrected chi connectivity index (χ0v) is 13.9. The first-order valence-corrected chi connectivity index (χ1v) is 8.72. The second kappa shape index (κ2) is 6.50. The molecule has 1 aromatic carbocycles. The van der Waals surface area contributed by atoms with Gasteiger partial charge in [0.15, 0.2) is 0 Å². The fourth-order valence-electron chi connectivity index (χ4n) is 3.19. The summed E-state index contributed by atoms with van der Waals surface area (Å²) in [7, 11) is 0. The van der Waals surface area contributed by atoms with Crippen molar-refractivity contribution in [1.82, 2.24) is 10.2 Å². The SMILES string of the molecule is CCNC(CN(CC1CC1)C1CC1)c1ccc(C)c(C)c1. The molecular formula is C19H30N2. The third-order valence-corrected chi connectivity index (χ3v) is 5.05. The molecule has 0 aliphatic heterocycles. The van der Waals surface area contributed by atoms with Crippen molar-refractivity contribution in [2.45, 2.75) is 58.5 Å². The van der Waals surface area contributed by atoms with Gasteiger partial charge >= 0.3 is 0 Å². The average molecular weight is 286 g/mol. The van der Waals surface area contributed by atoms with Crippen molar-refractivity contribution >= 4 is 0 Å². The van der Waals surface area contributed by atoms with Crippen LogP contribution < -0.4 is 5.32 Å². The highest BCUT2D eigenvalue weighted by Crippen LogP contribution is 2.35. The summed E-state index contributed by atoms with van der Waals surface area (Å²) in [5, 5.41) is 3.71. The Balaban J connectivity index is 1.70. The molecule has 3 rings (SSSR count). The number of hydrogen-bond donors (Lipinski definition) is 1. The molecule has 0 radical (unpaired) electrons. The molecule has 1 aromatic rings. The lowest BCUT2D eigenvalue weighted by molar-refractivity contribution is 0.225. The maximum absolute atomic E-state index is 3.71. The Labute approximate surface area is 129 Å². The summed E-state index contributed by atoms with van der Waals surface area (Å²) < 4.78 is 0. The van der Waals surface area contributed by atoms with Gasteiger partial charge in [0, 0.05) is 25.2 Å². The van der Waals surface area contributed by atoms with Gasteiger partial charge in [0.05, 0.1) is 0 Å². The standard InChI is InChI=1S/C19H30N2/c1-4-20-19(17-8-5-14(2)15(3)11-17)13-21(18-9-10-18)12-16-6-7-16/h5,8,11,16,18-20H,4,6-7,9-10,12-13H2,1-3H3. The van der Waals surface area contributed by atoms with Gasteiger partial charge in [0.25, 0.3) is 0 Å². The third-order valence-electron chi connectivity index (χ3n) is 5.05. The van der Waals surface area contributed by atoms with E-state index in [4.69, 9.17) is 0 Å². The molecule has 0 amide bonds. The molecule has 2 aliphatic carbocycles. The second-order valence-corrected chi connectivity index (χ2v) is 7.08. The quantitative estimate of drug-likeness (QED) is 0.781. The molecule has 1 atom stereocenters. The van der Waals surface area contributed by atoms with Crippen molar-refractivity contribution in [3.63, 3.8) is 0 Å². The lowest BCUT2D eigenvalue weighted by Crippen LogP contribution is -2.37. The molecule has 0 bridgehead atoms. The summed E-state index contributed by atoms with van der Waals surface area (Å²) >= 11 is 0. The van der Waals surface area contributed by atoms with Crippen molar-refractivity contribution in [2.75, 3.05) is 19.6 Å². The summed E-state index contributed by atoms with van der Waals surface area (Å²) in [5.74, 6) is 0.993. The first-order chi connectivity index (χ1) is 10.2. The minimum Gasteiger partial charge on any atom is -0.309 e. The Morgan fingerprint density at radius 1 is 1.14 bits per heavy atom. The first-order valence-electron chi connectivity index (χ1n) is 8.72. The minimum atomic E-state index is 0.480. The maximum atomic E-state index is 3.71. The van der Waals surface area contributed by atoms with Crippen LogP contribution >= 0.6 is 0 Å². The van der Waals surface area contributed by atoms with Crippen molar-refractivity contribution in [3.05, 3.63) is 34.9 Å². The van der Waals surface area contributed by atoms with Crippen LogP contribution in [0.3, 0.4) is 0 Å². The third kappa shape index (κ3) is 4.08. The predicted octanol–water partition coefficient (Wildman–Crippen LogP) is 3.83. The van der Waals surface area contributed by atoms with E-state index in [-0.39, 0.29) is 0 Å². The van der Waals surface area contributed by atoms with Crippen LogP contribution in [0.4, 0.5) is 0 Å². The van der Waals surface area contributed by atoms with Crippen LogP contribution in [0.25, 0.3) is 0 Å². The lowest BCUT2D eigenvalue weighted by atomic mass is 10.0. The van der Waals surface area contributed by atoms with Crippen LogP contribution in [0.15, 0.2) is 18.2 Å². The fourth-order valence-corrected chi connectivity index (χ4v) is 3.19. The largest absolute Gasteiger partial charge is 0.309 e. The highest BCUT2D eigenvalue weighted by Gasteiger charge is 2.34. The van der Waals surface area contributed by atoms with Gasteiger partial charge in [0.1, 0.15) is 0 Å². The summed E-state index contributed by atoms with van der Waals surface area (Å²) in [6.07, 6.45) is 5.74. The number of nitrogens with zero attached hydrogens (tertiary/aromatic N) is 1. The zero-order valence-electron chi connectivity index (χ0n) is 13.9. The van der Waals surface area contributed by atoms with E-state index in [2.05, 4.69) is 49.2 Å². The van der Waals surface area contributed by atoms with Gasteiger partial charge in [-0.15, -0.1) is 0 Å². The highest BCUT2D eigenvalue weighted by molar-refractivity contribution is 5.32. The molecule has 2 heteroatoms. The topological polar surface area (TPSA) is 15.3 Å². The molecule has 1 unspecified atom stereocenters. The Kier molecular flexibility index (Phi) is 4.66. The number of benzene rings is 1. The predicted molar refractivity (Wildman–Crippen MR) is 89.7 cm³/mol. The van der Waals surface area contributed by atoms with Crippen molar-refractivity contribution in [1.29, 1.82) is 0 Å². The van der Waals surface area contributed by atoms with Gasteiger partial charge in [-0.25, -0.2) is 0 Å². The molecule has 21 heavy (non-hydrogen) atoms. The number of aryl methyl sites for hydroxylation is 2. The van der Waals surface area contributed by atoms with Crippen LogP contribution in [0.2, 0.25) is 0 Å². The lowest BCUT2D eigenvalue weighted by Gasteiger charge is -2.29. The van der Waals surface area contributed by atoms with Gasteiger partial charge in [-0.2, -0.15) is 0 Å². The molecule has 0 saturated heterocycles. The number of rotatable bonds is 8. The maximum Gasteiger partial charge on any atom is 0.0449 e. The van der Waals surface area contributed by atoms with E-state index < -0.39 is 0 Å². The molecule has 0 spiro atoms. The first kappa shape index (κ1) is 15.1. The molecule has 2 fully saturated rings. The molecule has 2 nitrogen and oxygen atoms in total. The summed E-state index contributed by atoms with van der Waals surface area (Å²) in [6, 6.07) is 8.33. The second-order valence-electron chi connectivity index (χ2n) is 7.08.